The molecule has 0 bridgehead atoms. The molecule has 1 aliphatic carbocycles. The lowest BCUT2D eigenvalue weighted by Crippen LogP contribution is -2.34. The smallest absolute Gasteiger partial charge is 0.342 e. The molecule has 0 aliphatic heterocycles. The highest BCUT2D eigenvalue weighted by molar-refractivity contribution is 7.80. The van der Waals surface area contributed by atoms with Gasteiger partial charge in [0.15, 0.2) is 16.7 Å². The molecule has 6 nitrogen and oxygen atoms in total. The maximum absolute atomic E-state index is 13.3. The van der Waals surface area contributed by atoms with Crippen molar-refractivity contribution in [3.8, 4) is 0 Å². The van der Waals surface area contributed by atoms with Crippen LogP contribution in [-0.2, 0) is 17.6 Å². The Bertz CT molecular complexity index is 959. The van der Waals surface area contributed by atoms with E-state index >= 15 is 0 Å². The van der Waals surface area contributed by atoms with E-state index in [2.05, 4.69) is 15.6 Å². The molecule has 1 amide bonds. The number of H-pyrrole nitrogens is 1. The molecule has 2 aromatic rings. The highest BCUT2D eigenvalue weighted by Crippen LogP contribution is 2.30. The van der Waals surface area contributed by atoms with Crippen molar-refractivity contribution in [3.05, 3.63) is 52.2 Å². The first-order valence-electron chi connectivity index (χ1n) is 9.39. The molecule has 0 spiro atoms. The van der Waals surface area contributed by atoms with Gasteiger partial charge in [0.05, 0.1) is 6.61 Å². The first-order chi connectivity index (χ1) is 13.9. The summed E-state index contributed by atoms with van der Waals surface area (Å²) in [6.45, 7) is 1.96. The molecular formula is C20H21F2N3O3S. The molecule has 1 heterocycles. The average Bonchev–Trinajstić information content (AvgIpc) is 2.84. The topological polar surface area (TPSA) is 83.2 Å². The minimum atomic E-state index is -1.13. The van der Waals surface area contributed by atoms with Crippen molar-refractivity contribution >= 4 is 35.0 Å². The molecule has 3 N–H and O–H groups in total. The van der Waals surface area contributed by atoms with E-state index in [9.17, 15) is 18.4 Å². The molecule has 29 heavy (non-hydrogen) atoms. The number of hydrogen-bond acceptors (Lipinski definition) is 4. The van der Waals surface area contributed by atoms with Crippen LogP contribution in [0.15, 0.2) is 18.2 Å². The van der Waals surface area contributed by atoms with Crippen LogP contribution in [0.2, 0.25) is 0 Å². The van der Waals surface area contributed by atoms with Gasteiger partial charge in [0.25, 0.3) is 5.91 Å². The molecule has 0 radical (unpaired) electrons. The van der Waals surface area contributed by atoms with E-state index in [1.807, 2.05) is 0 Å². The van der Waals surface area contributed by atoms with Crippen LogP contribution in [0.5, 0.6) is 0 Å². The third-order valence-corrected chi connectivity index (χ3v) is 4.88. The van der Waals surface area contributed by atoms with Crippen molar-refractivity contribution in [3.63, 3.8) is 0 Å². The number of halogens is 2. The number of carbonyl (C=O) groups excluding carboxylic acids is 2. The molecule has 154 valence electrons. The van der Waals surface area contributed by atoms with Crippen molar-refractivity contribution in [2.45, 2.75) is 39.0 Å². The summed E-state index contributed by atoms with van der Waals surface area (Å²) < 4.78 is 31.6. The van der Waals surface area contributed by atoms with Crippen molar-refractivity contribution in [1.29, 1.82) is 0 Å². The predicted octanol–water partition coefficient (Wildman–Crippen LogP) is 3.87. The number of amides is 1. The average molecular weight is 421 g/mol. The Morgan fingerprint density at radius 1 is 1.17 bits per heavy atom. The molecule has 0 unspecified atom stereocenters. The highest BCUT2D eigenvalue weighted by atomic mass is 32.1. The van der Waals surface area contributed by atoms with E-state index in [0.717, 1.165) is 61.6 Å². The highest BCUT2D eigenvalue weighted by Gasteiger charge is 2.26. The van der Waals surface area contributed by atoms with Gasteiger partial charge in [-0.1, -0.05) is 6.42 Å². The number of ether oxygens (including phenoxy) is 1. The monoisotopic (exact) mass is 421 g/mol. The quantitative estimate of drug-likeness (QED) is 0.397. The van der Waals surface area contributed by atoms with Gasteiger partial charge in [-0.3, -0.25) is 10.1 Å². The predicted molar refractivity (Wildman–Crippen MR) is 108 cm³/mol. The van der Waals surface area contributed by atoms with Crippen LogP contribution in [-0.4, -0.2) is 28.6 Å². The van der Waals surface area contributed by atoms with Crippen LogP contribution in [0.1, 0.15) is 58.2 Å². The molecule has 0 atom stereocenters. The lowest BCUT2D eigenvalue weighted by Gasteiger charge is -2.11. The van der Waals surface area contributed by atoms with Gasteiger partial charge in [-0.05, 0) is 68.6 Å². The number of thiocarbonyl (C=S) groups is 1. The number of nitrogens with one attached hydrogen (secondary N) is 3. The van der Waals surface area contributed by atoms with Gasteiger partial charge >= 0.3 is 5.97 Å². The summed E-state index contributed by atoms with van der Waals surface area (Å²) in [4.78, 5) is 27.9. The Morgan fingerprint density at radius 2 is 1.93 bits per heavy atom. The Kier molecular flexibility index (Phi) is 6.58. The first kappa shape index (κ1) is 20.9. The van der Waals surface area contributed by atoms with Gasteiger partial charge in [-0.2, -0.15) is 0 Å². The number of esters is 1. The minimum absolute atomic E-state index is 0.0818. The minimum Gasteiger partial charge on any atom is -0.462 e. The second-order valence-electron chi connectivity index (χ2n) is 6.65. The number of carbonyl (C=O) groups is 2. The molecule has 0 saturated heterocycles. The fraction of sp³-hybridized carbons (Fsp3) is 0.350. The largest absolute Gasteiger partial charge is 0.462 e. The lowest BCUT2D eigenvalue weighted by molar-refractivity contribution is 0.0526. The molecule has 1 aliphatic rings. The molecule has 9 heteroatoms. The van der Waals surface area contributed by atoms with E-state index < -0.39 is 23.5 Å². The summed E-state index contributed by atoms with van der Waals surface area (Å²) in [6.07, 6.45) is 4.60. The molecule has 1 aromatic carbocycles. The van der Waals surface area contributed by atoms with Gasteiger partial charge in [0.1, 0.15) is 11.4 Å². The van der Waals surface area contributed by atoms with Crippen molar-refractivity contribution in [2.75, 3.05) is 11.9 Å². The zero-order valence-corrected chi connectivity index (χ0v) is 16.7. The van der Waals surface area contributed by atoms with E-state index in [4.69, 9.17) is 17.0 Å². The molecular weight excluding hydrogens is 400 g/mol. The third kappa shape index (κ3) is 4.79. The fourth-order valence-corrected chi connectivity index (χ4v) is 3.53. The van der Waals surface area contributed by atoms with E-state index in [-0.39, 0.29) is 17.3 Å². The molecule has 3 rings (SSSR count). The number of hydrogen-bond donors (Lipinski definition) is 3. The Balaban J connectivity index is 1.79. The van der Waals surface area contributed by atoms with Gasteiger partial charge in [-0.15, -0.1) is 0 Å². The second kappa shape index (κ2) is 9.13. The van der Waals surface area contributed by atoms with E-state index in [0.29, 0.717) is 11.4 Å². The zero-order chi connectivity index (χ0) is 21.0. The van der Waals surface area contributed by atoms with Gasteiger partial charge in [-0.25, -0.2) is 13.6 Å². The molecule has 0 saturated carbocycles. The summed E-state index contributed by atoms with van der Waals surface area (Å²) in [6, 6.07) is 2.80. The van der Waals surface area contributed by atoms with Gasteiger partial charge in [0, 0.05) is 11.3 Å². The Morgan fingerprint density at radius 3 is 2.66 bits per heavy atom. The number of aryl methyl sites for hydroxylation is 1. The summed E-state index contributed by atoms with van der Waals surface area (Å²) in [7, 11) is 0. The summed E-state index contributed by atoms with van der Waals surface area (Å²) in [5.74, 6) is -2.99. The lowest BCUT2D eigenvalue weighted by atomic mass is 10.1. The third-order valence-electron chi connectivity index (χ3n) is 4.67. The van der Waals surface area contributed by atoms with Gasteiger partial charge in [0.2, 0.25) is 0 Å². The first-order valence-corrected chi connectivity index (χ1v) is 9.79. The number of fused-ring (bicyclic) bond motifs is 1. The van der Waals surface area contributed by atoms with E-state index in [1.165, 1.54) is 0 Å². The van der Waals surface area contributed by atoms with Crippen LogP contribution >= 0.6 is 12.2 Å². The number of benzene rings is 1. The Hall–Kier alpha value is -2.81. The second-order valence-corrected chi connectivity index (χ2v) is 7.06. The van der Waals surface area contributed by atoms with Crippen LogP contribution in [0.3, 0.4) is 0 Å². The van der Waals surface area contributed by atoms with Crippen LogP contribution < -0.4 is 10.6 Å². The van der Waals surface area contributed by atoms with E-state index in [1.54, 1.807) is 6.92 Å². The zero-order valence-electron chi connectivity index (χ0n) is 15.9. The van der Waals surface area contributed by atoms with Crippen LogP contribution in [0.4, 0.5) is 14.6 Å². The van der Waals surface area contributed by atoms with Crippen molar-refractivity contribution in [2.24, 2.45) is 0 Å². The summed E-state index contributed by atoms with van der Waals surface area (Å²) >= 11 is 5.17. The number of anilines is 1. The van der Waals surface area contributed by atoms with Crippen molar-refractivity contribution < 1.29 is 23.1 Å². The van der Waals surface area contributed by atoms with Crippen LogP contribution in [0.25, 0.3) is 0 Å². The molecule has 0 fully saturated rings. The maximum Gasteiger partial charge on any atom is 0.342 e. The van der Waals surface area contributed by atoms with Crippen LogP contribution in [0, 0.1) is 11.6 Å². The SMILES string of the molecule is CCOC(=O)c1c(NC(=S)NC(=O)c2ccc(F)c(F)c2)[nH]c2c1CCCCC2. The normalized spacial score (nSPS) is 13.2. The fourth-order valence-electron chi connectivity index (χ4n) is 3.34. The summed E-state index contributed by atoms with van der Waals surface area (Å²) in [5.41, 5.74) is 2.15. The number of aromatic nitrogens is 1. The Labute approximate surface area is 172 Å². The van der Waals surface area contributed by atoms with Crippen molar-refractivity contribution in [1.82, 2.24) is 10.3 Å². The molecule has 1 aromatic heterocycles. The number of aromatic amines is 1. The summed E-state index contributed by atoms with van der Waals surface area (Å²) in [5, 5.41) is 5.15. The standard InChI is InChI=1S/C20H21F2N3O3S/c1-2-28-19(27)16-12-6-4-3-5-7-15(12)23-17(16)24-20(29)25-18(26)11-8-9-13(21)14(22)10-11/h8-10,23H,2-7H2,1H3,(H2,24,25,26,29). The van der Waals surface area contributed by atoms with Gasteiger partial charge < -0.3 is 15.0 Å². The number of rotatable bonds is 4. The maximum atomic E-state index is 13.3.